The Kier molecular flexibility index (Phi) is 11.3. The number of rotatable bonds is 14. The molecule has 5 rings (SSSR count). The van der Waals surface area contributed by atoms with Crippen molar-refractivity contribution in [3.05, 3.63) is 144 Å². The van der Waals surface area contributed by atoms with Crippen LogP contribution in [0, 0.1) is 12.3 Å². The van der Waals surface area contributed by atoms with Gasteiger partial charge in [0, 0.05) is 6.42 Å². The number of hydrogen-bond donors (Lipinski definition) is 0. The predicted molar refractivity (Wildman–Crippen MR) is 163 cm³/mol. The lowest BCUT2D eigenvalue weighted by Gasteiger charge is -2.46. The number of hydrogen-bond acceptors (Lipinski definition) is 5. The molecule has 216 valence electrons. The van der Waals surface area contributed by atoms with E-state index in [0.29, 0.717) is 39.5 Å². The fourth-order valence-electron chi connectivity index (χ4n) is 5.17. The third-order valence-corrected chi connectivity index (χ3v) is 7.30. The summed E-state index contributed by atoms with van der Waals surface area (Å²) in [5.74, 6) is 2.79. The van der Waals surface area contributed by atoms with Crippen molar-refractivity contribution in [2.24, 2.45) is 0 Å². The lowest BCUT2D eigenvalue weighted by Crippen LogP contribution is -2.61. The van der Waals surface area contributed by atoms with Crippen molar-refractivity contribution in [1.82, 2.24) is 0 Å². The summed E-state index contributed by atoms with van der Waals surface area (Å²) in [5, 5.41) is 0. The topological polar surface area (TPSA) is 46.2 Å². The molecule has 0 N–H and O–H groups in total. The number of ether oxygens (including phenoxy) is 5. The van der Waals surface area contributed by atoms with Gasteiger partial charge < -0.3 is 23.7 Å². The van der Waals surface area contributed by atoms with Crippen molar-refractivity contribution >= 4 is 0 Å². The van der Waals surface area contributed by atoms with Crippen LogP contribution in [0.15, 0.2) is 121 Å². The normalized spacial score (nSPS) is 21.9. The molecule has 0 aromatic heterocycles. The van der Waals surface area contributed by atoms with E-state index in [4.69, 9.17) is 30.1 Å². The van der Waals surface area contributed by atoms with Gasteiger partial charge in [0.05, 0.1) is 39.1 Å². The van der Waals surface area contributed by atoms with Gasteiger partial charge in [-0.05, 0) is 22.3 Å². The van der Waals surface area contributed by atoms with Crippen LogP contribution in [0.1, 0.15) is 28.7 Å². The van der Waals surface area contributed by atoms with Crippen LogP contribution in [-0.2, 0) is 50.1 Å². The second-order valence-corrected chi connectivity index (χ2v) is 10.4. The van der Waals surface area contributed by atoms with Crippen molar-refractivity contribution in [3.8, 4) is 12.3 Å². The van der Waals surface area contributed by atoms with Crippen LogP contribution in [0.4, 0.5) is 0 Å². The number of benzene rings is 4. The Hall–Kier alpha value is -3.76. The molecule has 0 aliphatic carbocycles. The summed E-state index contributed by atoms with van der Waals surface area (Å²) in [5.41, 5.74) is 4.29. The highest BCUT2D eigenvalue weighted by atomic mass is 16.6. The predicted octanol–water partition coefficient (Wildman–Crippen LogP) is 6.75. The Morgan fingerprint density at radius 3 is 1.31 bits per heavy atom. The first kappa shape index (κ1) is 29.7. The third-order valence-electron chi connectivity index (χ3n) is 7.30. The van der Waals surface area contributed by atoms with E-state index in [1.54, 1.807) is 0 Å². The van der Waals surface area contributed by atoms with Gasteiger partial charge >= 0.3 is 0 Å². The van der Waals surface area contributed by atoms with Crippen molar-refractivity contribution in [3.63, 3.8) is 0 Å². The van der Waals surface area contributed by atoms with Crippen LogP contribution in [0.3, 0.4) is 0 Å². The van der Waals surface area contributed by atoms with Gasteiger partial charge in [0.25, 0.3) is 0 Å². The summed E-state index contributed by atoms with van der Waals surface area (Å²) in [6, 6.07) is 40.4. The molecule has 0 radical (unpaired) electrons. The van der Waals surface area contributed by atoms with Gasteiger partial charge in [-0.3, -0.25) is 0 Å². The largest absolute Gasteiger partial charge is 0.374 e. The summed E-state index contributed by atoms with van der Waals surface area (Å²) >= 11 is 0. The second kappa shape index (κ2) is 16.0. The first-order chi connectivity index (χ1) is 20.8. The van der Waals surface area contributed by atoms with Crippen LogP contribution in [0.2, 0.25) is 0 Å². The average Bonchev–Trinajstić information content (AvgIpc) is 3.05. The molecule has 5 atom stereocenters. The van der Waals surface area contributed by atoms with E-state index in [9.17, 15) is 0 Å². The molecule has 5 nitrogen and oxygen atoms in total. The SMILES string of the molecule is C#CC[C@@H]1O[C@H](COCc2ccccc2)[C@@H](OCc2ccccc2)[C@H](OCc2ccccc2)[C@H]1OCc1ccccc1. The van der Waals surface area contributed by atoms with E-state index in [1.165, 1.54) is 0 Å². The molecule has 42 heavy (non-hydrogen) atoms. The minimum atomic E-state index is -0.459. The minimum absolute atomic E-state index is 0.325. The van der Waals surface area contributed by atoms with E-state index in [2.05, 4.69) is 30.2 Å². The van der Waals surface area contributed by atoms with Crippen LogP contribution in [0.25, 0.3) is 0 Å². The van der Waals surface area contributed by atoms with Crippen LogP contribution in [0.5, 0.6) is 0 Å². The maximum absolute atomic E-state index is 6.69. The van der Waals surface area contributed by atoms with Gasteiger partial charge in [-0.15, -0.1) is 12.3 Å². The average molecular weight is 563 g/mol. The van der Waals surface area contributed by atoms with Gasteiger partial charge in [-0.25, -0.2) is 0 Å². The standard InChI is InChI=1S/C37H38O5/c1-2-15-33-35(39-25-30-18-9-4-10-19-30)37(41-27-32-22-13-6-14-23-32)36(40-26-31-20-11-5-12-21-31)34(42-33)28-38-24-29-16-7-3-8-17-29/h1,3-14,16-23,33-37H,15,24-28H2/t33-,34+,35-,36+,37+/m0/s1. The molecular weight excluding hydrogens is 524 g/mol. The molecule has 0 saturated carbocycles. The zero-order valence-corrected chi connectivity index (χ0v) is 23.8. The maximum Gasteiger partial charge on any atom is 0.115 e. The van der Waals surface area contributed by atoms with Gasteiger partial charge in [-0.1, -0.05) is 121 Å². The van der Waals surface area contributed by atoms with Crippen molar-refractivity contribution < 1.29 is 23.7 Å². The minimum Gasteiger partial charge on any atom is -0.374 e. The molecule has 1 aliphatic rings. The van der Waals surface area contributed by atoms with E-state index in [0.717, 1.165) is 22.3 Å². The van der Waals surface area contributed by atoms with E-state index < -0.39 is 24.4 Å². The van der Waals surface area contributed by atoms with Gasteiger partial charge in [-0.2, -0.15) is 0 Å². The smallest absolute Gasteiger partial charge is 0.115 e. The molecule has 0 spiro atoms. The monoisotopic (exact) mass is 562 g/mol. The molecular formula is C37H38O5. The fourth-order valence-corrected chi connectivity index (χ4v) is 5.17. The molecule has 1 fully saturated rings. The summed E-state index contributed by atoms with van der Waals surface area (Å²) in [7, 11) is 0. The Morgan fingerprint density at radius 1 is 0.500 bits per heavy atom. The molecule has 0 unspecified atom stereocenters. The third kappa shape index (κ3) is 8.62. The lowest BCUT2D eigenvalue weighted by molar-refractivity contribution is -0.271. The van der Waals surface area contributed by atoms with Gasteiger partial charge in [0.1, 0.15) is 24.4 Å². The van der Waals surface area contributed by atoms with E-state index >= 15 is 0 Å². The number of terminal acetylenes is 1. The molecule has 1 saturated heterocycles. The molecule has 0 amide bonds. The van der Waals surface area contributed by atoms with Crippen molar-refractivity contribution in [1.29, 1.82) is 0 Å². The molecule has 5 heteroatoms. The quantitative estimate of drug-likeness (QED) is 0.159. The molecule has 1 heterocycles. The van der Waals surface area contributed by atoms with E-state index in [-0.39, 0.29) is 6.10 Å². The highest BCUT2D eigenvalue weighted by Gasteiger charge is 2.48. The Bertz CT molecular complexity index is 1340. The lowest BCUT2D eigenvalue weighted by atomic mass is 9.92. The highest BCUT2D eigenvalue weighted by Crippen LogP contribution is 2.32. The van der Waals surface area contributed by atoms with Gasteiger partial charge in [0.15, 0.2) is 0 Å². The highest BCUT2D eigenvalue weighted by molar-refractivity contribution is 5.16. The zero-order valence-electron chi connectivity index (χ0n) is 23.8. The first-order valence-corrected chi connectivity index (χ1v) is 14.5. The summed E-state index contributed by atoms with van der Waals surface area (Å²) in [4.78, 5) is 0. The zero-order chi connectivity index (χ0) is 28.8. The molecule has 0 bridgehead atoms. The van der Waals surface area contributed by atoms with Crippen molar-refractivity contribution in [2.75, 3.05) is 6.61 Å². The van der Waals surface area contributed by atoms with Crippen LogP contribution < -0.4 is 0 Å². The fraction of sp³-hybridized carbons (Fsp3) is 0.297. The Balaban J connectivity index is 1.40. The summed E-state index contributed by atoms with van der Waals surface area (Å²) in [6.07, 6.45) is 4.07. The molecule has 1 aliphatic heterocycles. The summed E-state index contributed by atoms with van der Waals surface area (Å²) in [6.45, 7) is 2.01. The Morgan fingerprint density at radius 2 is 0.881 bits per heavy atom. The maximum atomic E-state index is 6.69. The molecule has 4 aromatic rings. The van der Waals surface area contributed by atoms with E-state index in [1.807, 2.05) is 97.1 Å². The van der Waals surface area contributed by atoms with Crippen molar-refractivity contribution in [2.45, 2.75) is 63.4 Å². The van der Waals surface area contributed by atoms with Crippen LogP contribution >= 0.6 is 0 Å². The van der Waals surface area contributed by atoms with Gasteiger partial charge in [0.2, 0.25) is 0 Å². The van der Waals surface area contributed by atoms with Crippen LogP contribution in [-0.4, -0.2) is 37.1 Å². The second-order valence-electron chi connectivity index (χ2n) is 10.4. The first-order valence-electron chi connectivity index (χ1n) is 14.5. The Labute approximate surface area is 249 Å². The molecule has 4 aromatic carbocycles. The summed E-state index contributed by atoms with van der Waals surface area (Å²) < 4.78 is 32.7.